The van der Waals surface area contributed by atoms with Gasteiger partial charge in [-0.25, -0.2) is 13.1 Å². The van der Waals surface area contributed by atoms with Crippen LogP contribution >= 0.6 is 0 Å². The van der Waals surface area contributed by atoms with E-state index in [-0.39, 0.29) is 12.3 Å². The predicted molar refractivity (Wildman–Crippen MR) is 135 cm³/mol. The van der Waals surface area contributed by atoms with Crippen molar-refractivity contribution in [1.82, 2.24) is 19.5 Å². The second-order valence-electron chi connectivity index (χ2n) is 8.62. The number of piperazine rings is 1. The van der Waals surface area contributed by atoms with Crippen LogP contribution in [0, 0.1) is 0 Å². The largest absolute Gasteiger partial charge is 0.492 e. The van der Waals surface area contributed by atoms with Crippen LogP contribution in [0.1, 0.15) is 11.3 Å². The Morgan fingerprint density at radius 2 is 1.62 bits per heavy atom. The molecule has 1 aliphatic rings. The number of nitrogens with one attached hydrogen (secondary N) is 1. The lowest BCUT2D eigenvalue weighted by atomic mass is 10.1. The molecule has 2 heterocycles. The zero-order valence-corrected chi connectivity index (χ0v) is 20.4. The number of pyridine rings is 1. The summed E-state index contributed by atoms with van der Waals surface area (Å²) in [7, 11) is -1.31. The van der Waals surface area contributed by atoms with Gasteiger partial charge in [-0.3, -0.25) is 9.88 Å². The second-order valence-corrected chi connectivity index (χ2v) is 10.4. The van der Waals surface area contributed by atoms with Gasteiger partial charge in [0.15, 0.2) is 0 Å². The van der Waals surface area contributed by atoms with Crippen LogP contribution in [0.25, 0.3) is 11.1 Å². The quantitative estimate of drug-likeness (QED) is 0.481. The van der Waals surface area contributed by atoms with Gasteiger partial charge in [-0.15, -0.1) is 0 Å². The van der Waals surface area contributed by atoms with E-state index in [9.17, 15) is 8.42 Å². The maximum atomic E-state index is 12.4. The molecule has 7 nitrogen and oxygen atoms in total. The van der Waals surface area contributed by atoms with E-state index in [1.165, 1.54) is 0 Å². The number of hydrogen-bond donors (Lipinski definition) is 1. The van der Waals surface area contributed by atoms with Crippen molar-refractivity contribution in [2.45, 2.75) is 12.3 Å². The van der Waals surface area contributed by atoms with Gasteiger partial charge in [0.25, 0.3) is 0 Å². The molecule has 0 spiro atoms. The summed E-state index contributed by atoms with van der Waals surface area (Å²) in [4.78, 5) is 9.14. The second kappa shape index (κ2) is 11.6. The molecule has 1 N–H and O–H groups in total. The summed E-state index contributed by atoms with van der Waals surface area (Å²) in [6.07, 6.45) is 1.71. The van der Waals surface area contributed by atoms with Gasteiger partial charge in [-0.05, 0) is 36.4 Å². The summed E-state index contributed by atoms with van der Waals surface area (Å²) in [5.41, 5.74) is 3.37. The molecule has 0 radical (unpaired) electrons. The zero-order chi connectivity index (χ0) is 23.8. The molecule has 0 amide bonds. The monoisotopic (exact) mass is 480 g/mol. The summed E-state index contributed by atoms with van der Waals surface area (Å²) in [6.45, 7) is 6.27. The topological polar surface area (TPSA) is 74.8 Å². The van der Waals surface area contributed by atoms with Crippen LogP contribution < -0.4 is 9.46 Å². The highest BCUT2D eigenvalue weighted by atomic mass is 32.2. The van der Waals surface area contributed by atoms with E-state index >= 15 is 0 Å². The first-order valence-corrected chi connectivity index (χ1v) is 13.2. The third-order valence-corrected chi connectivity index (χ3v) is 7.22. The average molecular weight is 481 g/mol. The fraction of sp³-hybridized carbons (Fsp3) is 0.346. The predicted octanol–water partition coefficient (Wildman–Crippen LogP) is 2.99. The SMILES string of the molecule is CN1CCN(CCOc2ccc(-c3ccc(CS(=O)(=O)NCc4ccccc4)nc3)cc2)CC1. The van der Waals surface area contributed by atoms with Gasteiger partial charge in [0.05, 0.1) is 5.69 Å². The van der Waals surface area contributed by atoms with Crippen LogP contribution in [0.15, 0.2) is 72.9 Å². The average Bonchev–Trinajstić information content (AvgIpc) is 2.85. The van der Waals surface area contributed by atoms with Crippen LogP contribution in [-0.4, -0.2) is 69.6 Å². The van der Waals surface area contributed by atoms with E-state index in [1.807, 2.05) is 60.7 Å². The number of rotatable bonds is 10. The molecule has 3 aromatic rings. The maximum absolute atomic E-state index is 12.4. The van der Waals surface area contributed by atoms with Crippen molar-refractivity contribution in [2.24, 2.45) is 0 Å². The van der Waals surface area contributed by atoms with Crippen LogP contribution in [-0.2, 0) is 22.3 Å². The highest BCUT2D eigenvalue weighted by Gasteiger charge is 2.14. The molecule has 1 saturated heterocycles. The first kappa shape index (κ1) is 24.3. The molecule has 8 heteroatoms. The van der Waals surface area contributed by atoms with Gasteiger partial charge in [-0.1, -0.05) is 48.5 Å². The number of hydrogen-bond acceptors (Lipinski definition) is 6. The Morgan fingerprint density at radius 1 is 0.912 bits per heavy atom. The standard InChI is InChI=1S/C26H32N4O3S/c1-29-13-15-30(16-14-29)17-18-33-26-11-8-23(9-12-26)24-7-10-25(27-20-24)21-34(31,32)28-19-22-5-3-2-4-6-22/h2-12,20,28H,13-19,21H2,1H3. The van der Waals surface area contributed by atoms with E-state index in [1.54, 1.807) is 12.3 Å². The number of ether oxygens (including phenoxy) is 1. The molecule has 0 aliphatic carbocycles. The first-order chi connectivity index (χ1) is 16.5. The molecule has 0 atom stereocenters. The van der Waals surface area contributed by atoms with Crippen molar-refractivity contribution in [3.05, 3.63) is 84.2 Å². The number of sulfonamides is 1. The van der Waals surface area contributed by atoms with E-state index in [0.717, 1.165) is 55.2 Å². The molecule has 4 rings (SSSR count). The van der Waals surface area contributed by atoms with E-state index in [0.29, 0.717) is 12.3 Å². The van der Waals surface area contributed by atoms with Crippen molar-refractivity contribution in [2.75, 3.05) is 46.4 Å². The van der Waals surface area contributed by atoms with Crippen molar-refractivity contribution in [3.8, 4) is 16.9 Å². The molecule has 180 valence electrons. The van der Waals surface area contributed by atoms with Crippen LogP contribution in [0.2, 0.25) is 0 Å². The highest BCUT2D eigenvalue weighted by Crippen LogP contribution is 2.22. The number of likely N-dealkylation sites (N-methyl/N-ethyl adjacent to an activating group) is 1. The van der Waals surface area contributed by atoms with Crippen molar-refractivity contribution < 1.29 is 13.2 Å². The van der Waals surface area contributed by atoms with E-state index < -0.39 is 10.0 Å². The van der Waals surface area contributed by atoms with E-state index in [2.05, 4.69) is 26.6 Å². The minimum Gasteiger partial charge on any atom is -0.492 e. The number of nitrogens with zero attached hydrogens (tertiary/aromatic N) is 3. The molecule has 1 aliphatic heterocycles. The van der Waals surface area contributed by atoms with Crippen molar-refractivity contribution in [3.63, 3.8) is 0 Å². The summed E-state index contributed by atoms with van der Waals surface area (Å²) in [6, 6.07) is 21.0. The van der Waals surface area contributed by atoms with Gasteiger partial charge in [0.2, 0.25) is 10.0 Å². The Balaban J connectivity index is 1.26. The lowest BCUT2D eigenvalue weighted by molar-refractivity contribution is 0.134. The molecule has 0 bridgehead atoms. The normalized spacial score (nSPS) is 15.3. The zero-order valence-electron chi connectivity index (χ0n) is 19.6. The maximum Gasteiger partial charge on any atom is 0.217 e. The van der Waals surface area contributed by atoms with Gasteiger partial charge >= 0.3 is 0 Å². The Hall–Kier alpha value is -2.78. The molecular formula is C26H32N4O3S. The molecule has 1 fully saturated rings. The smallest absolute Gasteiger partial charge is 0.217 e. The molecule has 1 aromatic heterocycles. The molecule has 0 saturated carbocycles. The summed E-state index contributed by atoms with van der Waals surface area (Å²) >= 11 is 0. The van der Waals surface area contributed by atoms with Gasteiger partial charge in [0, 0.05) is 51.0 Å². The third kappa shape index (κ3) is 7.36. The number of benzene rings is 2. The van der Waals surface area contributed by atoms with Crippen LogP contribution in [0.5, 0.6) is 5.75 Å². The van der Waals surface area contributed by atoms with Gasteiger partial charge < -0.3 is 9.64 Å². The van der Waals surface area contributed by atoms with E-state index in [4.69, 9.17) is 4.74 Å². The number of aromatic nitrogens is 1. The lowest BCUT2D eigenvalue weighted by Crippen LogP contribution is -2.45. The fourth-order valence-corrected chi connectivity index (χ4v) is 4.87. The van der Waals surface area contributed by atoms with Crippen LogP contribution in [0.4, 0.5) is 0 Å². The van der Waals surface area contributed by atoms with Crippen LogP contribution in [0.3, 0.4) is 0 Å². The Labute approximate surface area is 202 Å². The molecule has 34 heavy (non-hydrogen) atoms. The first-order valence-electron chi connectivity index (χ1n) is 11.6. The summed E-state index contributed by atoms with van der Waals surface area (Å²) < 4.78 is 33.3. The summed E-state index contributed by atoms with van der Waals surface area (Å²) in [5.74, 6) is 0.693. The van der Waals surface area contributed by atoms with Crippen molar-refractivity contribution >= 4 is 10.0 Å². The highest BCUT2D eigenvalue weighted by molar-refractivity contribution is 7.88. The third-order valence-electron chi connectivity index (χ3n) is 5.96. The lowest BCUT2D eigenvalue weighted by Gasteiger charge is -2.32. The fourth-order valence-electron chi connectivity index (χ4n) is 3.82. The Morgan fingerprint density at radius 3 is 2.29 bits per heavy atom. The Bertz CT molecular complexity index is 1130. The molecule has 2 aromatic carbocycles. The van der Waals surface area contributed by atoms with Gasteiger partial charge in [0.1, 0.15) is 18.1 Å². The molecular weight excluding hydrogens is 448 g/mol. The minimum absolute atomic E-state index is 0.153. The van der Waals surface area contributed by atoms with Gasteiger partial charge in [-0.2, -0.15) is 0 Å². The minimum atomic E-state index is -3.47. The van der Waals surface area contributed by atoms with Crippen molar-refractivity contribution in [1.29, 1.82) is 0 Å². The Kier molecular flexibility index (Phi) is 8.29. The molecule has 0 unspecified atom stereocenters. The summed E-state index contributed by atoms with van der Waals surface area (Å²) in [5, 5.41) is 0.